The lowest BCUT2D eigenvalue weighted by Crippen LogP contribution is -2.30. The number of hydrogen-bond donors (Lipinski definition) is 1. The van der Waals surface area contributed by atoms with Crippen LogP contribution >= 0.6 is 15.9 Å². The van der Waals surface area contributed by atoms with E-state index in [1.54, 1.807) is 0 Å². The molecule has 1 N–H and O–H groups in total. The monoisotopic (exact) mass is 260 g/mol. The summed E-state index contributed by atoms with van der Waals surface area (Å²) in [6.07, 6.45) is 1.82. The molecule has 0 spiro atoms. The molecule has 1 heterocycles. The Bertz CT molecular complexity index is 276. The third-order valence-corrected chi connectivity index (χ3v) is 2.88. The Morgan fingerprint density at radius 2 is 2.29 bits per heavy atom. The van der Waals surface area contributed by atoms with Crippen LogP contribution in [0.1, 0.15) is 11.7 Å². The number of imidazole rings is 1. The largest absolute Gasteiger partial charge is 0.335 e. The molecule has 1 rings (SSSR count). The molecule has 1 aromatic rings. The summed E-state index contributed by atoms with van der Waals surface area (Å²) in [6, 6.07) is 0.335. The fourth-order valence-corrected chi connectivity index (χ4v) is 2.14. The normalized spacial score (nSPS) is 13.6. The molecule has 0 amide bonds. The molecule has 5 heteroatoms. The van der Waals surface area contributed by atoms with Crippen molar-refractivity contribution in [2.45, 2.75) is 6.04 Å². The second-order valence-electron chi connectivity index (χ2n) is 3.57. The minimum Gasteiger partial charge on any atom is -0.335 e. The van der Waals surface area contributed by atoms with Gasteiger partial charge >= 0.3 is 0 Å². The van der Waals surface area contributed by atoms with Gasteiger partial charge in [0.1, 0.15) is 4.60 Å². The highest BCUT2D eigenvalue weighted by Crippen LogP contribution is 2.24. The van der Waals surface area contributed by atoms with Gasteiger partial charge < -0.3 is 9.88 Å². The quantitative estimate of drug-likeness (QED) is 0.878. The maximum absolute atomic E-state index is 4.23. The first-order valence-electron chi connectivity index (χ1n) is 4.55. The lowest BCUT2D eigenvalue weighted by molar-refractivity contribution is 0.282. The predicted molar refractivity (Wildman–Crippen MR) is 61.3 cm³/mol. The van der Waals surface area contributed by atoms with Gasteiger partial charge in [-0.1, -0.05) is 0 Å². The first-order valence-corrected chi connectivity index (χ1v) is 5.35. The molecule has 14 heavy (non-hydrogen) atoms. The Balaban J connectivity index is 2.98. The lowest BCUT2D eigenvalue weighted by Gasteiger charge is -2.24. The van der Waals surface area contributed by atoms with Gasteiger partial charge in [0.05, 0.1) is 18.1 Å². The van der Waals surface area contributed by atoms with Crippen molar-refractivity contribution < 1.29 is 0 Å². The Kier molecular flexibility index (Phi) is 4.10. The number of hydrogen-bond acceptors (Lipinski definition) is 3. The van der Waals surface area contributed by atoms with Crippen LogP contribution in [0.3, 0.4) is 0 Å². The van der Waals surface area contributed by atoms with Crippen LogP contribution in [0.2, 0.25) is 0 Å². The van der Waals surface area contributed by atoms with Crippen LogP contribution in [0.5, 0.6) is 0 Å². The molecule has 1 aromatic heterocycles. The summed E-state index contributed by atoms with van der Waals surface area (Å²) in [6.45, 7) is 0.908. The van der Waals surface area contributed by atoms with Crippen molar-refractivity contribution in [1.29, 1.82) is 0 Å². The van der Waals surface area contributed by atoms with Crippen LogP contribution in [-0.2, 0) is 7.05 Å². The van der Waals surface area contributed by atoms with E-state index in [1.165, 1.54) is 5.69 Å². The van der Waals surface area contributed by atoms with Gasteiger partial charge in [0.2, 0.25) is 0 Å². The molecule has 0 saturated carbocycles. The van der Waals surface area contributed by atoms with Gasteiger partial charge in [0, 0.05) is 13.6 Å². The fraction of sp³-hybridized carbons (Fsp3) is 0.667. The topological polar surface area (TPSA) is 33.1 Å². The molecule has 0 aliphatic heterocycles. The van der Waals surface area contributed by atoms with Crippen LogP contribution in [0.15, 0.2) is 10.9 Å². The van der Waals surface area contributed by atoms with Crippen LogP contribution in [-0.4, -0.2) is 42.1 Å². The number of halogens is 1. The van der Waals surface area contributed by atoms with Crippen LogP contribution in [0, 0.1) is 0 Å². The van der Waals surface area contributed by atoms with Crippen LogP contribution in [0.25, 0.3) is 0 Å². The number of nitrogens with zero attached hydrogens (tertiary/aromatic N) is 3. The molecule has 0 aliphatic carbocycles. The van der Waals surface area contributed by atoms with Gasteiger partial charge in [-0.2, -0.15) is 0 Å². The molecule has 1 unspecified atom stereocenters. The number of aryl methyl sites for hydroxylation is 1. The SMILES string of the molecule is CNCC(c1c(Br)ncn1C)N(C)C. The highest BCUT2D eigenvalue weighted by Gasteiger charge is 2.19. The molecule has 0 aliphatic rings. The summed E-state index contributed by atoms with van der Waals surface area (Å²) >= 11 is 3.47. The van der Waals surface area contributed by atoms with Gasteiger partial charge in [0.15, 0.2) is 0 Å². The fourth-order valence-electron chi connectivity index (χ4n) is 1.50. The van der Waals surface area contributed by atoms with Crippen LogP contribution in [0.4, 0.5) is 0 Å². The minimum atomic E-state index is 0.335. The van der Waals surface area contributed by atoms with E-state index in [0.29, 0.717) is 6.04 Å². The van der Waals surface area contributed by atoms with E-state index in [9.17, 15) is 0 Å². The number of rotatable bonds is 4. The first kappa shape index (κ1) is 11.7. The maximum atomic E-state index is 4.23. The molecule has 0 fully saturated rings. The smallest absolute Gasteiger partial charge is 0.128 e. The Morgan fingerprint density at radius 3 is 2.64 bits per heavy atom. The van der Waals surface area contributed by atoms with E-state index in [-0.39, 0.29) is 0 Å². The number of likely N-dealkylation sites (N-methyl/N-ethyl adjacent to an activating group) is 2. The summed E-state index contributed by atoms with van der Waals surface area (Å²) in [7, 11) is 8.11. The van der Waals surface area contributed by atoms with Gasteiger partial charge in [-0.05, 0) is 37.1 Å². The van der Waals surface area contributed by atoms with E-state index in [2.05, 4.69) is 45.2 Å². The third-order valence-electron chi connectivity index (χ3n) is 2.27. The second kappa shape index (κ2) is 4.91. The van der Waals surface area contributed by atoms with Crippen molar-refractivity contribution in [2.24, 2.45) is 7.05 Å². The van der Waals surface area contributed by atoms with Crippen molar-refractivity contribution in [3.8, 4) is 0 Å². The molecule has 0 radical (unpaired) electrons. The average Bonchev–Trinajstić information content (AvgIpc) is 2.43. The van der Waals surface area contributed by atoms with Crippen molar-refractivity contribution in [1.82, 2.24) is 19.8 Å². The summed E-state index contributed by atoms with van der Waals surface area (Å²) in [4.78, 5) is 6.41. The van der Waals surface area contributed by atoms with Crippen LogP contribution < -0.4 is 5.32 Å². The Hall–Kier alpha value is -0.390. The molecule has 0 bridgehead atoms. The standard InChI is InChI=1S/C9H17BrN4/c1-11-5-7(13(2)3)8-9(10)12-6-14(8)4/h6-7,11H,5H2,1-4H3. The molecule has 0 aromatic carbocycles. The molecule has 80 valence electrons. The first-order chi connectivity index (χ1) is 6.57. The minimum absolute atomic E-state index is 0.335. The number of nitrogens with one attached hydrogen (secondary N) is 1. The second-order valence-corrected chi connectivity index (χ2v) is 4.32. The summed E-state index contributed by atoms with van der Waals surface area (Å²) in [5.41, 5.74) is 1.20. The maximum Gasteiger partial charge on any atom is 0.128 e. The summed E-state index contributed by atoms with van der Waals surface area (Å²) in [5, 5.41) is 3.19. The van der Waals surface area contributed by atoms with Gasteiger partial charge in [-0.15, -0.1) is 0 Å². The lowest BCUT2D eigenvalue weighted by atomic mass is 10.2. The molecule has 1 atom stereocenters. The Labute approximate surface area is 93.4 Å². The van der Waals surface area contributed by atoms with Gasteiger partial charge in [-0.3, -0.25) is 4.90 Å². The average molecular weight is 261 g/mol. The summed E-state index contributed by atoms with van der Waals surface area (Å²) in [5.74, 6) is 0. The highest BCUT2D eigenvalue weighted by molar-refractivity contribution is 9.10. The van der Waals surface area contributed by atoms with Gasteiger partial charge in [0.25, 0.3) is 0 Å². The molecular weight excluding hydrogens is 244 g/mol. The third kappa shape index (κ3) is 2.34. The number of aromatic nitrogens is 2. The van der Waals surface area contributed by atoms with Gasteiger partial charge in [-0.25, -0.2) is 4.98 Å². The zero-order valence-corrected chi connectivity index (χ0v) is 10.7. The van der Waals surface area contributed by atoms with E-state index in [1.807, 2.05) is 25.0 Å². The van der Waals surface area contributed by atoms with E-state index in [0.717, 1.165) is 11.1 Å². The predicted octanol–water partition coefficient (Wildman–Crippen LogP) is 1.00. The van der Waals surface area contributed by atoms with Crippen molar-refractivity contribution in [3.05, 3.63) is 16.6 Å². The zero-order chi connectivity index (χ0) is 10.7. The summed E-state index contributed by atoms with van der Waals surface area (Å²) < 4.78 is 2.97. The van der Waals surface area contributed by atoms with Crippen molar-refractivity contribution >= 4 is 15.9 Å². The van der Waals surface area contributed by atoms with Crippen molar-refractivity contribution in [2.75, 3.05) is 27.7 Å². The zero-order valence-electron chi connectivity index (χ0n) is 9.08. The molecular formula is C9H17BrN4. The van der Waals surface area contributed by atoms with E-state index in [4.69, 9.17) is 0 Å². The van der Waals surface area contributed by atoms with Crippen molar-refractivity contribution in [3.63, 3.8) is 0 Å². The molecule has 4 nitrogen and oxygen atoms in total. The van der Waals surface area contributed by atoms with E-state index < -0.39 is 0 Å². The van der Waals surface area contributed by atoms with E-state index >= 15 is 0 Å². The Morgan fingerprint density at radius 1 is 1.64 bits per heavy atom. The molecule has 0 saturated heterocycles. The highest BCUT2D eigenvalue weighted by atomic mass is 79.9.